The topological polar surface area (TPSA) is 105 Å². The van der Waals surface area contributed by atoms with Gasteiger partial charge in [0, 0.05) is 18.5 Å². The van der Waals surface area contributed by atoms with Crippen LogP contribution in [0.3, 0.4) is 0 Å². The smallest absolute Gasteiger partial charge is 0.255 e. The molecule has 244 valence electrons. The maximum Gasteiger partial charge on any atom is 0.255 e. The van der Waals surface area contributed by atoms with Crippen molar-refractivity contribution in [1.82, 2.24) is 10.2 Å². The number of carbonyl (C=O) groups is 3. The number of rotatable bonds is 9. The number of hydrogen-bond acceptors (Lipinski definition) is 6. The average molecular weight is 651 g/mol. The molecule has 2 aliphatic heterocycles. The lowest BCUT2D eigenvalue weighted by atomic mass is 9.88. The lowest BCUT2D eigenvalue weighted by Gasteiger charge is -2.29. The van der Waals surface area contributed by atoms with Crippen molar-refractivity contribution in [1.29, 1.82) is 0 Å². The summed E-state index contributed by atoms with van der Waals surface area (Å²) in [6.45, 7) is 2.70. The second-order valence-electron chi connectivity index (χ2n) is 11.5. The summed E-state index contributed by atoms with van der Waals surface area (Å²) in [6.07, 6.45) is 1.36. The number of benzene rings is 4. The maximum absolute atomic E-state index is 12.9. The molecule has 0 aliphatic carbocycles. The largest absolute Gasteiger partial charge is 0.508 e. The minimum atomic E-state index is -0.657. The van der Waals surface area contributed by atoms with Gasteiger partial charge in [0.25, 0.3) is 5.91 Å². The minimum absolute atomic E-state index is 0.111. The van der Waals surface area contributed by atoms with Crippen molar-refractivity contribution < 1.29 is 29.0 Å². The predicted molar refractivity (Wildman–Crippen MR) is 186 cm³/mol. The molecule has 1 unspecified atom stereocenters. The number of nitrogens with one attached hydrogen (secondary N) is 1. The summed E-state index contributed by atoms with van der Waals surface area (Å²) in [5.74, 6) is 11.8. The number of nitrogens with zero attached hydrogens (tertiary/aromatic N) is 1. The number of phenols is 1. The van der Waals surface area contributed by atoms with Gasteiger partial charge in [-0.1, -0.05) is 61.5 Å². The summed E-state index contributed by atoms with van der Waals surface area (Å²) in [6, 6.07) is 30.0. The Bertz CT molecular complexity index is 2030. The molecule has 8 heteroatoms. The zero-order valence-electron chi connectivity index (χ0n) is 27.0. The van der Waals surface area contributed by atoms with Gasteiger partial charge in [-0.05, 0) is 112 Å². The van der Waals surface area contributed by atoms with Crippen molar-refractivity contribution in [2.24, 2.45) is 0 Å². The Kier molecular flexibility index (Phi) is 10.1. The molecule has 3 amide bonds. The molecule has 49 heavy (non-hydrogen) atoms. The van der Waals surface area contributed by atoms with Crippen LogP contribution >= 0.6 is 0 Å². The van der Waals surface area contributed by atoms with Gasteiger partial charge in [-0.3, -0.25) is 19.7 Å². The monoisotopic (exact) mass is 650 g/mol. The Morgan fingerprint density at radius 2 is 1.45 bits per heavy atom. The second-order valence-corrected chi connectivity index (χ2v) is 11.5. The van der Waals surface area contributed by atoms with Gasteiger partial charge in [0.15, 0.2) is 0 Å². The molecule has 1 fully saturated rings. The highest BCUT2D eigenvalue weighted by atomic mass is 16.5. The average Bonchev–Trinajstić information content (AvgIpc) is 3.44. The quantitative estimate of drug-likeness (QED) is 0.131. The SMILES string of the molecule is CCC(=C(c1ccc(O)cc1)c1ccc(OCC#CC#CCOc2ccc3c(c2)CN(C2CCC(=O)NC2=O)C3=O)cc1)c1ccccc1. The fourth-order valence-corrected chi connectivity index (χ4v) is 6.07. The molecule has 2 heterocycles. The van der Waals surface area contributed by atoms with Crippen molar-refractivity contribution in [2.45, 2.75) is 38.8 Å². The molecule has 0 radical (unpaired) electrons. The van der Waals surface area contributed by atoms with Crippen LogP contribution in [0.5, 0.6) is 17.2 Å². The van der Waals surface area contributed by atoms with E-state index in [0.29, 0.717) is 23.5 Å². The number of phenolic OH excluding ortho intramolecular Hbond substituents is 1. The summed E-state index contributed by atoms with van der Waals surface area (Å²) in [7, 11) is 0. The normalized spacial score (nSPS) is 15.6. The van der Waals surface area contributed by atoms with Crippen LogP contribution in [0.15, 0.2) is 97.1 Å². The van der Waals surface area contributed by atoms with E-state index >= 15 is 0 Å². The molecule has 1 atom stereocenters. The molecule has 6 rings (SSSR count). The lowest BCUT2D eigenvalue weighted by Crippen LogP contribution is -2.52. The van der Waals surface area contributed by atoms with Crippen molar-refractivity contribution >= 4 is 28.9 Å². The van der Waals surface area contributed by atoms with E-state index in [9.17, 15) is 19.5 Å². The van der Waals surface area contributed by atoms with Gasteiger partial charge in [0.2, 0.25) is 11.8 Å². The first-order chi connectivity index (χ1) is 23.9. The molecule has 1 saturated heterocycles. The van der Waals surface area contributed by atoms with Crippen molar-refractivity contribution in [3.8, 4) is 40.9 Å². The number of ether oxygens (including phenoxy) is 2. The van der Waals surface area contributed by atoms with Crippen LogP contribution < -0.4 is 14.8 Å². The molecule has 0 spiro atoms. The summed E-state index contributed by atoms with van der Waals surface area (Å²) in [5, 5.41) is 12.2. The third kappa shape index (κ3) is 7.67. The predicted octanol–water partition coefficient (Wildman–Crippen LogP) is 5.99. The molecule has 0 saturated carbocycles. The summed E-state index contributed by atoms with van der Waals surface area (Å²) < 4.78 is 11.6. The van der Waals surface area contributed by atoms with E-state index in [1.54, 1.807) is 30.3 Å². The maximum atomic E-state index is 12.9. The van der Waals surface area contributed by atoms with Gasteiger partial charge in [-0.2, -0.15) is 0 Å². The van der Waals surface area contributed by atoms with E-state index in [2.05, 4.69) is 48.1 Å². The van der Waals surface area contributed by atoms with E-state index in [4.69, 9.17) is 9.47 Å². The van der Waals surface area contributed by atoms with E-state index in [0.717, 1.165) is 34.2 Å². The van der Waals surface area contributed by atoms with Crippen LogP contribution in [0.2, 0.25) is 0 Å². The molecule has 0 bridgehead atoms. The van der Waals surface area contributed by atoms with Gasteiger partial charge in [-0.25, -0.2) is 0 Å². The van der Waals surface area contributed by atoms with E-state index in [1.165, 1.54) is 10.5 Å². The van der Waals surface area contributed by atoms with Gasteiger partial charge >= 0.3 is 0 Å². The van der Waals surface area contributed by atoms with Crippen LogP contribution in [-0.4, -0.2) is 47.0 Å². The van der Waals surface area contributed by atoms with E-state index in [1.807, 2.05) is 54.6 Å². The Morgan fingerprint density at radius 3 is 2.10 bits per heavy atom. The Balaban J connectivity index is 1.03. The Labute approximate surface area is 285 Å². The van der Waals surface area contributed by atoms with Gasteiger partial charge in [-0.15, -0.1) is 0 Å². The molecule has 2 aliphatic rings. The number of amides is 3. The zero-order chi connectivity index (χ0) is 34.2. The van der Waals surface area contributed by atoms with E-state index < -0.39 is 11.9 Å². The third-order valence-corrected chi connectivity index (χ3v) is 8.43. The van der Waals surface area contributed by atoms with Crippen LogP contribution in [0.1, 0.15) is 58.8 Å². The summed E-state index contributed by atoms with van der Waals surface area (Å²) in [4.78, 5) is 38.1. The highest BCUT2D eigenvalue weighted by Gasteiger charge is 2.39. The number of carbonyl (C=O) groups excluding carboxylic acids is 3. The second kappa shape index (κ2) is 15.1. The van der Waals surface area contributed by atoms with Gasteiger partial charge in [0.1, 0.15) is 36.5 Å². The zero-order valence-corrected chi connectivity index (χ0v) is 27.0. The molecule has 4 aromatic rings. The number of fused-ring (bicyclic) bond motifs is 1. The van der Waals surface area contributed by atoms with Crippen LogP contribution in [0.4, 0.5) is 0 Å². The fraction of sp³-hybridized carbons (Fsp3) is 0.195. The first-order valence-corrected chi connectivity index (χ1v) is 16.1. The molecule has 2 N–H and O–H groups in total. The molecule has 4 aromatic carbocycles. The number of allylic oxidation sites excluding steroid dienone is 1. The summed E-state index contributed by atoms with van der Waals surface area (Å²) >= 11 is 0. The third-order valence-electron chi connectivity index (χ3n) is 8.43. The number of aromatic hydroxyl groups is 1. The highest BCUT2D eigenvalue weighted by Crippen LogP contribution is 2.36. The minimum Gasteiger partial charge on any atom is -0.508 e. The van der Waals surface area contributed by atoms with Crippen molar-refractivity contribution in [2.75, 3.05) is 13.2 Å². The lowest BCUT2D eigenvalue weighted by molar-refractivity contribution is -0.136. The molecular formula is C41H34N2O6. The van der Waals surface area contributed by atoms with Crippen LogP contribution in [-0.2, 0) is 16.1 Å². The Morgan fingerprint density at radius 1 is 0.816 bits per heavy atom. The Hall–Kier alpha value is -6.25. The van der Waals surface area contributed by atoms with E-state index in [-0.39, 0.29) is 43.7 Å². The number of imide groups is 1. The number of piperidine rings is 1. The first-order valence-electron chi connectivity index (χ1n) is 16.1. The molecular weight excluding hydrogens is 616 g/mol. The standard InChI is InChI=1S/C41H34N2O6/c1-2-35(28-10-6-5-7-11-28)39(29-12-16-32(44)17-13-29)30-14-18-33(19-15-30)48-24-8-3-4-9-25-49-34-20-21-36-31(26-34)27-43(41(36)47)37-22-23-38(45)42-40(37)46/h5-7,10-21,26,37,44H,2,22-25,27H2,1H3,(H,42,45,46). The van der Waals surface area contributed by atoms with Gasteiger partial charge in [0.05, 0.1) is 0 Å². The van der Waals surface area contributed by atoms with Crippen molar-refractivity contribution in [3.63, 3.8) is 0 Å². The highest BCUT2D eigenvalue weighted by molar-refractivity contribution is 6.05. The fourth-order valence-electron chi connectivity index (χ4n) is 6.07. The molecule has 0 aromatic heterocycles. The van der Waals surface area contributed by atoms with Crippen molar-refractivity contribution in [3.05, 3.63) is 125 Å². The first kappa shape index (κ1) is 32.7. The van der Waals surface area contributed by atoms with Crippen LogP contribution in [0.25, 0.3) is 11.1 Å². The number of hydrogen-bond donors (Lipinski definition) is 2. The van der Waals surface area contributed by atoms with Crippen LogP contribution in [0, 0.1) is 23.7 Å². The van der Waals surface area contributed by atoms with Gasteiger partial charge < -0.3 is 19.5 Å². The molecule has 8 nitrogen and oxygen atoms in total. The summed E-state index contributed by atoms with van der Waals surface area (Å²) in [5.41, 5.74) is 6.80.